The average Bonchev–Trinajstić information content (AvgIpc) is 2.76. The fraction of sp³-hybridized carbons (Fsp3) is 0.273. The SMILES string of the molecule is O=C(NCCCO)c1ccc2ocnc2c1. The summed E-state index contributed by atoms with van der Waals surface area (Å²) in [5, 5.41) is 11.3. The van der Waals surface area contributed by atoms with Crippen LogP contribution in [0.1, 0.15) is 16.8 Å². The molecule has 0 spiro atoms. The number of nitrogens with zero attached hydrogens (tertiary/aromatic N) is 1. The number of benzene rings is 1. The van der Waals surface area contributed by atoms with E-state index in [2.05, 4.69) is 10.3 Å². The van der Waals surface area contributed by atoms with Crippen LogP contribution in [-0.4, -0.2) is 29.1 Å². The molecule has 16 heavy (non-hydrogen) atoms. The summed E-state index contributed by atoms with van der Waals surface area (Å²) in [7, 11) is 0. The number of carbonyl (C=O) groups excluding carboxylic acids is 1. The minimum atomic E-state index is -0.168. The van der Waals surface area contributed by atoms with Crippen molar-refractivity contribution in [2.45, 2.75) is 6.42 Å². The van der Waals surface area contributed by atoms with Gasteiger partial charge < -0.3 is 14.8 Å². The molecule has 1 heterocycles. The first-order valence-corrected chi connectivity index (χ1v) is 5.03. The highest BCUT2D eigenvalue weighted by Crippen LogP contribution is 2.13. The maximum Gasteiger partial charge on any atom is 0.251 e. The monoisotopic (exact) mass is 220 g/mol. The third-order valence-electron chi connectivity index (χ3n) is 2.21. The molecule has 1 amide bonds. The Hall–Kier alpha value is -1.88. The molecule has 0 aliphatic rings. The van der Waals surface area contributed by atoms with E-state index in [1.54, 1.807) is 18.2 Å². The van der Waals surface area contributed by atoms with Crippen LogP contribution in [0, 0.1) is 0 Å². The van der Waals surface area contributed by atoms with E-state index in [9.17, 15) is 4.79 Å². The van der Waals surface area contributed by atoms with Gasteiger partial charge in [0.25, 0.3) is 5.91 Å². The predicted octanol–water partition coefficient (Wildman–Crippen LogP) is 0.940. The number of aliphatic hydroxyl groups excluding tert-OH is 1. The van der Waals surface area contributed by atoms with Crippen molar-refractivity contribution in [3.8, 4) is 0 Å². The Balaban J connectivity index is 2.10. The molecule has 1 aromatic carbocycles. The first-order valence-electron chi connectivity index (χ1n) is 5.03. The summed E-state index contributed by atoms with van der Waals surface area (Å²) in [6.07, 6.45) is 1.90. The molecule has 0 aliphatic carbocycles. The van der Waals surface area contributed by atoms with Crippen molar-refractivity contribution in [3.05, 3.63) is 30.2 Å². The fourth-order valence-electron chi connectivity index (χ4n) is 1.38. The van der Waals surface area contributed by atoms with Crippen LogP contribution in [0.2, 0.25) is 0 Å². The van der Waals surface area contributed by atoms with E-state index in [-0.39, 0.29) is 12.5 Å². The van der Waals surface area contributed by atoms with Crippen LogP contribution in [0.3, 0.4) is 0 Å². The lowest BCUT2D eigenvalue weighted by Gasteiger charge is -2.03. The molecule has 0 fully saturated rings. The normalized spacial score (nSPS) is 10.6. The lowest BCUT2D eigenvalue weighted by atomic mass is 10.2. The van der Waals surface area contributed by atoms with Gasteiger partial charge in [-0.25, -0.2) is 4.98 Å². The molecular formula is C11H12N2O3. The molecule has 0 unspecified atom stereocenters. The molecular weight excluding hydrogens is 208 g/mol. The Labute approximate surface area is 92.1 Å². The summed E-state index contributed by atoms with van der Waals surface area (Å²) >= 11 is 0. The van der Waals surface area contributed by atoms with Crippen molar-refractivity contribution in [3.63, 3.8) is 0 Å². The first-order chi connectivity index (χ1) is 7.81. The molecule has 0 saturated carbocycles. The standard InChI is InChI=1S/C11H12N2O3/c14-5-1-4-12-11(15)8-2-3-10-9(6-8)13-7-16-10/h2-3,6-7,14H,1,4-5H2,(H,12,15). The number of carbonyl (C=O) groups is 1. The molecule has 2 N–H and O–H groups in total. The highest BCUT2D eigenvalue weighted by molar-refractivity contribution is 5.96. The maximum absolute atomic E-state index is 11.6. The van der Waals surface area contributed by atoms with Crippen LogP contribution < -0.4 is 5.32 Å². The highest BCUT2D eigenvalue weighted by Gasteiger charge is 2.07. The van der Waals surface area contributed by atoms with Gasteiger partial charge in [-0.2, -0.15) is 0 Å². The van der Waals surface area contributed by atoms with E-state index >= 15 is 0 Å². The highest BCUT2D eigenvalue weighted by atomic mass is 16.3. The van der Waals surface area contributed by atoms with Gasteiger partial charge in [0, 0.05) is 18.7 Å². The number of aromatic nitrogens is 1. The van der Waals surface area contributed by atoms with Crippen molar-refractivity contribution in [1.82, 2.24) is 10.3 Å². The Morgan fingerprint density at radius 1 is 1.50 bits per heavy atom. The van der Waals surface area contributed by atoms with Crippen LogP contribution in [0.25, 0.3) is 11.1 Å². The number of rotatable bonds is 4. The Morgan fingerprint density at radius 3 is 3.19 bits per heavy atom. The summed E-state index contributed by atoms with van der Waals surface area (Å²) < 4.78 is 5.08. The van der Waals surface area contributed by atoms with Crippen molar-refractivity contribution in [2.24, 2.45) is 0 Å². The number of oxazole rings is 1. The van der Waals surface area contributed by atoms with E-state index in [0.29, 0.717) is 29.6 Å². The maximum atomic E-state index is 11.6. The molecule has 2 aromatic rings. The second-order valence-corrected chi connectivity index (χ2v) is 3.37. The third-order valence-corrected chi connectivity index (χ3v) is 2.21. The van der Waals surface area contributed by atoms with Gasteiger partial charge in [0.15, 0.2) is 12.0 Å². The molecule has 0 bridgehead atoms. The van der Waals surface area contributed by atoms with E-state index in [1.807, 2.05) is 0 Å². The second-order valence-electron chi connectivity index (χ2n) is 3.37. The van der Waals surface area contributed by atoms with Gasteiger partial charge in [0.2, 0.25) is 0 Å². The molecule has 0 saturated heterocycles. The summed E-state index contributed by atoms with van der Waals surface area (Å²) in [5.74, 6) is -0.168. The molecule has 5 heteroatoms. The Bertz CT molecular complexity index is 493. The van der Waals surface area contributed by atoms with Crippen molar-refractivity contribution < 1.29 is 14.3 Å². The zero-order chi connectivity index (χ0) is 11.4. The van der Waals surface area contributed by atoms with E-state index in [1.165, 1.54) is 6.39 Å². The molecule has 0 atom stereocenters. The van der Waals surface area contributed by atoms with Gasteiger partial charge >= 0.3 is 0 Å². The van der Waals surface area contributed by atoms with E-state index in [4.69, 9.17) is 9.52 Å². The topological polar surface area (TPSA) is 75.4 Å². The predicted molar refractivity (Wildman–Crippen MR) is 58.0 cm³/mol. The first kappa shape index (κ1) is 10.6. The number of fused-ring (bicyclic) bond motifs is 1. The summed E-state index contributed by atoms with van der Waals surface area (Å²) in [6.45, 7) is 0.536. The van der Waals surface area contributed by atoms with Crippen LogP contribution in [0.5, 0.6) is 0 Å². The van der Waals surface area contributed by atoms with Crippen molar-refractivity contribution in [2.75, 3.05) is 13.2 Å². The van der Waals surface area contributed by atoms with Crippen LogP contribution in [0.4, 0.5) is 0 Å². The molecule has 84 valence electrons. The molecule has 5 nitrogen and oxygen atoms in total. The van der Waals surface area contributed by atoms with Gasteiger partial charge in [-0.05, 0) is 24.6 Å². The zero-order valence-corrected chi connectivity index (χ0v) is 8.64. The van der Waals surface area contributed by atoms with Gasteiger partial charge in [-0.3, -0.25) is 4.79 Å². The molecule has 1 aromatic heterocycles. The van der Waals surface area contributed by atoms with Gasteiger partial charge in [0.1, 0.15) is 5.52 Å². The van der Waals surface area contributed by atoms with Crippen molar-refractivity contribution in [1.29, 1.82) is 0 Å². The largest absolute Gasteiger partial charge is 0.443 e. The van der Waals surface area contributed by atoms with Crippen LogP contribution >= 0.6 is 0 Å². The number of hydrogen-bond donors (Lipinski definition) is 2. The van der Waals surface area contributed by atoms with Gasteiger partial charge in [0.05, 0.1) is 0 Å². The molecule has 0 aliphatic heterocycles. The molecule has 0 radical (unpaired) electrons. The summed E-state index contributed by atoms with van der Waals surface area (Å²) in [5.41, 5.74) is 1.86. The average molecular weight is 220 g/mol. The Morgan fingerprint density at radius 2 is 2.38 bits per heavy atom. The number of nitrogens with one attached hydrogen (secondary N) is 1. The minimum Gasteiger partial charge on any atom is -0.443 e. The number of hydrogen-bond acceptors (Lipinski definition) is 4. The van der Waals surface area contributed by atoms with E-state index in [0.717, 1.165) is 0 Å². The van der Waals surface area contributed by atoms with Crippen molar-refractivity contribution >= 4 is 17.0 Å². The fourth-order valence-corrected chi connectivity index (χ4v) is 1.38. The minimum absolute atomic E-state index is 0.0720. The number of amides is 1. The zero-order valence-electron chi connectivity index (χ0n) is 8.64. The van der Waals surface area contributed by atoms with Gasteiger partial charge in [-0.1, -0.05) is 0 Å². The third kappa shape index (κ3) is 2.20. The van der Waals surface area contributed by atoms with Crippen LogP contribution in [-0.2, 0) is 0 Å². The molecule has 2 rings (SSSR count). The quantitative estimate of drug-likeness (QED) is 0.752. The summed E-state index contributed by atoms with van der Waals surface area (Å²) in [4.78, 5) is 15.6. The van der Waals surface area contributed by atoms with Gasteiger partial charge in [-0.15, -0.1) is 0 Å². The van der Waals surface area contributed by atoms with E-state index < -0.39 is 0 Å². The summed E-state index contributed by atoms with van der Waals surface area (Å²) in [6, 6.07) is 5.07. The lowest BCUT2D eigenvalue weighted by molar-refractivity contribution is 0.0951. The Kier molecular flexibility index (Phi) is 3.16. The smallest absolute Gasteiger partial charge is 0.251 e. The second kappa shape index (κ2) is 4.76. The number of aliphatic hydroxyl groups is 1. The lowest BCUT2D eigenvalue weighted by Crippen LogP contribution is -2.24. The van der Waals surface area contributed by atoms with Crippen LogP contribution in [0.15, 0.2) is 29.0 Å².